The molecular formula is C30H32N2O7. The van der Waals surface area contributed by atoms with E-state index in [1.165, 1.54) is 4.90 Å². The summed E-state index contributed by atoms with van der Waals surface area (Å²) in [5.74, 6) is 0.753. The zero-order chi connectivity index (χ0) is 27.4. The molecule has 39 heavy (non-hydrogen) atoms. The summed E-state index contributed by atoms with van der Waals surface area (Å²) in [4.78, 5) is 25.4. The molecule has 2 saturated heterocycles. The smallest absolute Gasteiger partial charge is 0.326 e. The van der Waals surface area contributed by atoms with Crippen LogP contribution in [-0.2, 0) is 19.9 Å². The zero-order valence-electron chi connectivity index (χ0n) is 21.9. The van der Waals surface area contributed by atoms with Crippen molar-refractivity contribution in [2.45, 2.75) is 36.9 Å². The SMILES string of the molecule is COc1cccc(C(OC[C@H]2O[C@@H](N3CCC(=O)NC3=O)C[C@@H]2O)(c2ccccc2)c2ccccc2)c1OC. The Morgan fingerprint density at radius 2 is 1.62 bits per heavy atom. The number of urea groups is 1. The topological polar surface area (TPSA) is 107 Å². The first-order valence-corrected chi connectivity index (χ1v) is 12.9. The molecule has 0 bridgehead atoms. The van der Waals surface area contributed by atoms with Crippen molar-refractivity contribution < 1.29 is 33.6 Å². The minimum absolute atomic E-state index is 0.0101. The Morgan fingerprint density at radius 1 is 0.949 bits per heavy atom. The molecule has 9 nitrogen and oxygen atoms in total. The van der Waals surface area contributed by atoms with Gasteiger partial charge in [0.2, 0.25) is 5.91 Å². The Hall–Kier alpha value is -3.92. The van der Waals surface area contributed by atoms with E-state index in [-0.39, 0.29) is 31.9 Å². The van der Waals surface area contributed by atoms with Crippen LogP contribution in [0.15, 0.2) is 78.9 Å². The highest BCUT2D eigenvalue weighted by Gasteiger charge is 2.45. The van der Waals surface area contributed by atoms with Crippen molar-refractivity contribution >= 4 is 11.9 Å². The maximum Gasteiger partial charge on any atom is 0.326 e. The molecule has 2 aliphatic heterocycles. The summed E-state index contributed by atoms with van der Waals surface area (Å²) in [6.07, 6.45) is -1.87. The summed E-state index contributed by atoms with van der Waals surface area (Å²) < 4.78 is 24.5. The maximum atomic E-state index is 12.4. The highest BCUT2D eigenvalue weighted by atomic mass is 16.6. The van der Waals surface area contributed by atoms with E-state index in [2.05, 4.69) is 5.32 Å². The van der Waals surface area contributed by atoms with Gasteiger partial charge >= 0.3 is 6.03 Å². The van der Waals surface area contributed by atoms with Crippen molar-refractivity contribution in [1.29, 1.82) is 0 Å². The van der Waals surface area contributed by atoms with Gasteiger partial charge in [-0.3, -0.25) is 15.0 Å². The van der Waals surface area contributed by atoms with E-state index in [1.54, 1.807) is 14.2 Å². The van der Waals surface area contributed by atoms with Gasteiger partial charge in [-0.2, -0.15) is 0 Å². The van der Waals surface area contributed by atoms with Gasteiger partial charge in [0, 0.05) is 24.9 Å². The molecule has 0 radical (unpaired) electrons. The molecule has 0 aliphatic carbocycles. The largest absolute Gasteiger partial charge is 0.493 e. The summed E-state index contributed by atoms with van der Waals surface area (Å²) in [6.45, 7) is 0.241. The molecule has 5 rings (SSSR count). The van der Waals surface area contributed by atoms with Crippen LogP contribution in [0.2, 0.25) is 0 Å². The van der Waals surface area contributed by atoms with E-state index in [4.69, 9.17) is 18.9 Å². The summed E-state index contributed by atoms with van der Waals surface area (Å²) in [5, 5.41) is 13.3. The Balaban J connectivity index is 1.54. The second kappa shape index (κ2) is 11.4. The lowest BCUT2D eigenvalue weighted by Gasteiger charge is -2.38. The summed E-state index contributed by atoms with van der Waals surface area (Å²) >= 11 is 0. The number of amides is 3. The second-order valence-corrected chi connectivity index (χ2v) is 9.49. The van der Waals surface area contributed by atoms with Crippen molar-refractivity contribution in [2.24, 2.45) is 0 Å². The Morgan fingerprint density at radius 3 is 2.21 bits per heavy atom. The molecule has 2 aliphatic rings. The molecule has 3 amide bonds. The number of rotatable bonds is 9. The van der Waals surface area contributed by atoms with Crippen LogP contribution in [0, 0.1) is 0 Å². The first-order valence-electron chi connectivity index (χ1n) is 12.9. The van der Waals surface area contributed by atoms with Crippen molar-refractivity contribution in [1.82, 2.24) is 10.2 Å². The molecule has 3 atom stereocenters. The average Bonchev–Trinajstić information content (AvgIpc) is 3.34. The predicted molar refractivity (Wildman–Crippen MR) is 142 cm³/mol. The number of carbonyl (C=O) groups excluding carboxylic acids is 2. The Labute approximate surface area is 227 Å². The fraction of sp³-hybridized carbons (Fsp3) is 0.333. The van der Waals surface area contributed by atoms with Crippen LogP contribution < -0.4 is 14.8 Å². The van der Waals surface area contributed by atoms with Gasteiger partial charge in [0.25, 0.3) is 0 Å². The van der Waals surface area contributed by atoms with E-state index < -0.39 is 30.1 Å². The highest BCUT2D eigenvalue weighted by molar-refractivity contribution is 5.96. The molecule has 0 aromatic heterocycles. The molecule has 0 saturated carbocycles. The number of hydrogen-bond donors (Lipinski definition) is 2. The number of aliphatic hydroxyl groups excluding tert-OH is 1. The van der Waals surface area contributed by atoms with Gasteiger partial charge in [-0.1, -0.05) is 72.8 Å². The van der Waals surface area contributed by atoms with E-state index in [0.29, 0.717) is 11.5 Å². The standard InChI is InChI=1S/C30H32N2O7/c1-36-24-15-9-14-22(28(24)37-2)30(20-10-5-3-6-11-20,21-12-7-4-8-13-21)38-19-25-23(33)18-27(39-25)32-17-16-26(34)31-29(32)35/h3-15,23,25,27,33H,16-19H2,1-2H3,(H,31,34,35)/t23-,25+,27+/m0/s1. The summed E-state index contributed by atoms with van der Waals surface area (Å²) in [5.41, 5.74) is 1.26. The number of hydrogen-bond acceptors (Lipinski definition) is 7. The minimum Gasteiger partial charge on any atom is -0.493 e. The Bertz CT molecular complexity index is 1260. The first-order chi connectivity index (χ1) is 19.0. The van der Waals surface area contributed by atoms with Crippen LogP contribution in [0.4, 0.5) is 4.79 Å². The van der Waals surface area contributed by atoms with Gasteiger partial charge in [0.1, 0.15) is 17.9 Å². The summed E-state index contributed by atoms with van der Waals surface area (Å²) in [7, 11) is 3.17. The molecule has 3 aromatic rings. The van der Waals surface area contributed by atoms with E-state index in [0.717, 1.165) is 16.7 Å². The van der Waals surface area contributed by atoms with Crippen molar-refractivity contribution in [3.63, 3.8) is 0 Å². The molecule has 2 N–H and O–H groups in total. The van der Waals surface area contributed by atoms with Crippen LogP contribution in [0.3, 0.4) is 0 Å². The molecule has 2 heterocycles. The lowest BCUT2D eigenvalue weighted by molar-refractivity contribution is -0.125. The fourth-order valence-electron chi connectivity index (χ4n) is 5.35. The van der Waals surface area contributed by atoms with Gasteiger partial charge in [-0.25, -0.2) is 4.79 Å². The van der Waals surface area contributed by atoms with Crippen LogP contribution in [0.5, 0.6) is 11.5 Å². The summed E-state index contributed by atoms with van der Waals surface area (Å²) in [6, 6.07) is 24.7. The molecule has 2 fully saturated rings. The fourth-order valence-corrected chi connectivity index (χ4v) is 5.35. The van der Waals surface area contributed by atoms with E-state index in [9.17, 15) is 14.7 Å². The second-order valence-electron chi connectivity index (χ2n) is 9.49. The van der Waals surface area contributed by atoms with Crippen LogP contribution >= 0.6 is 0 Å². The van der Waals surface area contributed by atoms with Crippen LogP contribution in [-0.4, -0.2) is 67.8 Å². The lowest BCUT2D eigenvalue weighted by atomic mass is 9.79. The monoisotopic (exact) mass is 532 g/mol. The number of nitrogens with one attached hydrogen (secondary N) is 1. The maximum absolute atomic E-state index is 12.4. The lowest BCUT2D eigenvalue weighted by Crippen LogP contribution is -2.53. The number of ether oxygens (including phenoxy) is 4. The third-order valence-electron chi connectivity index (χ3n) is 7.25. The number of imide groups is 1. The first kappa shape index (κ1) is 26.7. The quantitative estimate of drug-likeness (QED) is 0.407. The third-order valence-corrected chi connectivity index (χ3v) is 7.25. The molecule has 3 aromatic carbocycles. The van der Waals surface area contributed by atoms with Crippen LogP contribution in [0.1, 0.15) is 29.5 Å². The molecule has 9 heteroatoms. The Kier molecular flexibility index (Phi) is 7.83. The van der Waals surface area contributed by atoms with Gasteiger partial charge < -0.3 is 24.1 Å². The van der Waals surface area contributed by atoms with Gasteiger partial charge in [-0.15, -0.1) is 0 Å². The van der Waals surface area contributed by atoms with Gasteiger partial charge in [0.15, 0.2) is 11.5 Å². The number of nitrogens with zero attached hydrogens (tertiary/aromatic N) is 1. The molecule has 204 valence electrons. The minimum atomic E-state index is -1.15. The van der Waals surface area contributed by atoms with Gasteiger partial charge in [-0.05, 0) is 17.2 Å². The average molecular weight is 533 g/mol. The number of carbonyl (C=O) groups is 2. The number of methoxy groups -OCH3 is 2. The van der Waals surface area contributed by atoms with Crippen molar-refractivity contribution in [3.05, 3.63) is 95.6 Å². The van der Waals surface area contributed by atoms with Crippen molar-refractivity contribution in [2.75, 3.05) is 27.4 Å². The predicted octanol–water partition coefficient (Wildman–Crippen LogP) is 3.43. The number of benzene rings is 3. The van der Waals surface area contributed by atoms with Crippen molar-refractivity contribution in [3.8, 4) is 11.5 Å². The molecule has 0 spiro atoms. The van der Waals surface area contributed by atoms with Gasteiger partial charge in [0.05, 0.1) is 26.9 Å². The number of para-hydroxylation sites is 1. The van der Waals surface area contributed by atoms with E-state index >= 15 is 0 Å². The number of aliphatic hydroxyl groups is 1. The molecular weight excluding hydrogens is 500 g/mol. The third kappa shape index (κ3) is 5.08. The zero-order valence-corrected chi connectivity index (χ0v) is 21.9. The highest BCUT2D eigenvalue weighted by Crippen LogP contribution is 2.47. The van der Waals surface area contributed by atoms with Crippen LogP contribution in [0.25, 0.3) is 0 Å². The van der Waals surface area contributed by atoms with E-state index in [1.807, 2.05) is 78.9 Å². The normalized spacial score (nSPS) is 21.5. The molecule has 0 unspecified atom stereocenters.